The van der Waals surface area contributed by atoms with Gasteiger partial charge < -0.3 is 0 Å². The zero-order chi connectivity index (χ0) is 13.1. The van der Waals surface area contributed by atoms with Crippen molar-refractivity contribution in [3.63, 3.8) is 0 Å². The minimum atomic E-state index is -2.95. The molecule has 96 valence electrons. The van der Waals surface area contributed by atoms with Crippen LogP contribution in [-0.4, -0.2) is 25.7 Å². The fraction of sp³-hybridized carbons (Fsp3) is 0.583. The number of rotatable bonds is 6. The van der Waals surface area contributed by atoms with Crippen molar-refractivity contribution in [3.8, 4) is 0 Å². The highest BCUT2D eigenvalue weighted by molar-refractivity contribution is 7.91. The van der Waals surface area contributed by atoms with E-state index in [9.17, 15) is 13.2 Å². The summed E-state index contributed by atoms with van der Waals surface area (Å²) in [7, 11) is -2.95. The molecule has 17 heavy (non-hydrogen) atoms. The van der Waals surface area contributed by atoms with Gasteiger partial charge in [-0.3, -0.25) is 4.79 Å². The molecule has 0 aliphatic heterocycles. The van der Waals surface area contributed by atoms with Gasteiger partial charge in [0.2, 0.25) is 0 Å². The smallest absolute Gasteiger partial charge is 0.172 e. The largest absolute Gasteiger partial charge is 0.293 e. The fourth-order valence-electron chi connectivity index (χ4n) is 1.43. The van der Waals surface area contributed by atoms with Gasteiger partial charge in [0, 0.05) is 17.1 Å². The molecular weight excluding hydrogens is 256 g/mol. The highest BCUT2D eigenvalue weighted by Crippen LogP contribution is 2.22. The molecule has 3 nitrogen and oxygen atoms in total. The molecule has 1 aromatic rings. The molecule has 1 heterocycles. The van der Waals surface area contributed by atoms with E-state index in [-0.39, 0.29) is 17.3 Å². The van der Waals surface area contributed by atoms with E-state index in [0.717, 1.165) is 15.3 Å². The van der Waals surface area contributed by atoms with Crippen LogP contribution in [0.4, 0.5) is 0 Å². The predicted octanol–water partition coefficient (Wildman–Crippen LogP) is 2.76. The summed E-state index contributed by atoms with van der Waals surface area (Å²) in [6.07, 6.45) is 0.740. The van der Waals surface area contributed by atoms with Gasteiger partial charge in [0.05, 0.1) is 10.6 Å². The van der Waals surface area contributed by atoms with Crippen molar-refractivity contribution in [1.29, 1.82) is 0 Å². The number of thiophene rings is 1. The van der Waals surface area contributed by atoms with E-state index in [2.05, 4.69) is 0 Å². The van der Waals surface area contributed by atoms with Crippen LogP contribution >= 0.6 is 11.3 Å². The Morgan fingerprint density at radius 2 is 2.00 bits per heavy atom. The minimum Gasteiger partial charge on any atom is -0.293 e. The molecule has 0 N–H and O–H groups in total. The number of hydrogen-bond donors (Lipinski definition) is 0. The van der Waals surface area contributed by atoms with Crippen molar-refractivity contribution >= 4 is 27.0 Å². The second-order valence-electron chi connectivity index (χ2n) is 4.11. The summed E-state index contributed by atoms with van der Waals surface area (Å²) in [4.78, 5) is 13.7. The van der Waals surface area contributed by atoms with E-state index in [0.29, 0.717) is 12.8 Å². The maximum Gasteiger partial charge on any atom is 0.172 e. The molecule has 0 amide bonds. The van der Waals surface area contributed by atoms with E-state index in [1.54, 1.807) is 6.92 Å². The first-order valence-corrected chi connectivity index (χ1v) is 8.30. The van der Waals surface area contributed by atoms with E-state index in [1.165, 1.54) is 11.3 Å². The molecule has 0 radical (unpaired) electrons. The molecule has 0 aromatic carbocycles. The van der Waals surface area contributed by atoms with E-state index >= 15 is 0 Å². The number of ketones is 1. The van der Waals surface area contributed by atoms with Crippen LogP contribution in [0.3, 0.4) is 0 Å². The Kier molecular flexibility index (Phi) is 4.89. The summed E-state index contributed by atoms with van der Waals surface area (Å²) in [5.74, 6) is 0.314. The SMILES string of the molecule is CCS(=O)(=O)CCCC(=O)c1cc(C)c(C)s1. The van der Waals surface area contributed by atoms with Crippen LogP contribution in [-0.2, 0) is 9.84 Å². The maximum absolute atomic E-state index is 11.8. The van der Waals surface area contributed by atoms with Crippen molar-refractivity contribution in [2.45, 2.75) is 33.6 Å². The molecular formula is C12H18O3S2. The Labute approximate surface area is 107 Å². The van der Waals surface area contributed by atoms with Crippen molar-refractivity contribution in [2.24, 2.45) is 0 Å². The third-order valence-corrected chi connectivity index (χ3v) is 5.72. The molecule has 0 bridgehead atoms. The molecule has 1 aromatic heterocycles. The zero-order valence-electron chi connectivity index (χ0n) is 10.4. The molecule has 0 fully saturated rings. The number of aryl methyl sites for hydroxylation is 2. The molecule has 5 heteroatoms. The second-order valence-corrected chi connectivity index (χ2v) is 7.84. The number of hydrogen-bond acceptors (Lipinski definition) is 4. The Bertz CT molecular complexity index is 478. The van der Waals surface area contributed by atoms with E-state index in [1.807, 2.05) is 19.9 Å². The van der Waals surface area contributed by atoms with Gasteiger partial charge in [-0.25, -0.2) is 8.42 Å². The van der Waals surface area contributed by atoms with Gasteiger partial charge in [0.25, 0.3) is 0 Å². The molecule has 0 aliphatic rings. The quantitative estimate of drug-likeness (QED) is 0.749. The van der Waals surface area contributed by atoms with E-state index < -0.39 is 9.84 Å². The first-order valence-electron chi connectivity index (χ1n) is 5.66. The average Bonchev–Trinajstić information content (AvgIpc) is 2.59. The summed E-state index contributed by atoms with van der Waals surface area (Å²) in [5.41, 5.74) is 1.12. The third-order valence-electron chi connectivity index (χ3n) is 2.74. The second kappa shape index (κ2) is 5.78. The van der Waals surface area contributed by atoms with Gasteiger partial charge in [-0.1, -0.05) is 6.92 Å². The van der Waals surface area contributed by atoms with Crippen LogP contribution in [0, 0.1) is 13.8 Å². The summed E-state index contributed by atoms with van der Waals surface area (Å²) >= 11 is 1.49. The molecule has 0 saturated heterocycles. The molecule has 0 aliphatic carbocycles. The Morgan fingerprint density at radius 1 is 1.35 bits per heavy atom. The highest BCUT2D eigenvalue weighted by Gasteiger charge is 2.13. The van der Waals surface area contributed by atoms with Gasteiger partial charge in [-0.05, 0) is 31.9 Å². The molecule has 0 spiro atoms. The Balaban J connectivity index is 2.51. The maximum atomic E-state index is 11.8. The van der Waals surface area contributed by atoms with Gasteiger partial charge in [0.1, 0.15) is 9.84 Å². The van der Waals surface area contributed by atoms with Crippen molar-refractivity contribution in [3.05, 3.63) is 21.4 Å². The standard InChI is InChI=1S/C12H18O3S2/c1-4-17(14,15)7-5-6-11(13)12-8-9(2)10(3)16-12/h8H,4-7H2,1-3H3. The van der Waals surface area contributed by atoms with Crippen LogP contribution in [0.5, 0.6) is 0 Å². The lowest BCUT2D eigenvalue weighted by atomic mass is 10.2. The lowest BCUT2D eigenvalue weighted by Gasteiger charge is -2.00. The van der Waals surface area contributed by atoms with Crippen LogP contribution in [0.1, 0.15) is 39.9 Å². The first-order chi connectivity index (χ1) is 7.85. The third kappa shape index (κ3) is 4.24. The van der Waals surface area contributed by atoms with Gasteiger partial charge in [0.15, 0.2) is 5.78 Å². The van der Waals surface area contributed by atoms with Crippen LogP contribution in [0.25, 0.3) is 0 Å². The summed E-state index contributed by atoms with van der Waals surface area (Å²) in [6.45, 7) is 5.59. The van der Waals surface area contributed by atoms with E-state index in [4.69, 9.17) is 0 Å². The Morgan fingerprint density at radius 3 is 2.47 bits per heavy atom. The summed E-state index contributed by atoms with van der Waals surface area (Å²) < 4.78 is 22.5. The minimum absolute atomic E-state index is 0.0532. The monoisotopic (exact) mass is 274 g/mol. The first kappa shape index (κ1) is 14.4. The van der Waals surface area contributed by atoms with Crippen molar-refractivity contribution in [2.75, 3.05) is 11.5 Å². The fourth-order valence-corrected chi connectivity index (χ4v) is 3.30. The van der Waals surface area contributed by atoms with Gasteiger partial charge in [-0.15, -0.1) is 11.3 Å². The van der Waals surface area contributed by atoms with Gasteiger partial charge in [-0.2, -0.15) is 0 Å². The number of carbonyl (C=O) groups excluding carboxylic acids is 1. The zero-order valence-corrected chi connectivity index (χ0v) is 12.1. The number of Topliss-reactive ketones (excluding diaryl/α,β-unsaturated/α-hetero) is 1. The molecule has 0 atom stereocenters. The predicted molar refractivity (Wildman–Crippen MR) is 71.7 cm³/mol. The summed E-state index contributed by atoms with van der Waals surface area (Å²) in [5, 5.41) is 0. The molecule has 0 saturated carbocycles. The van der Waals surface area contributed by atoms with Crippen molar-refractivity contribution in [1.82, 2.24) is 0 Å². The van der Waals surface area contributed by atoms with Crippen molar-refractivity contribution < 1.29 is 13.2 Å². The van der Waals surface area contributed by atoms with Gasteiger partial charge >= 0.3 is 0 Å². The lowest BCUT2D eigenvalue weighted by Crippen LogP contribution is -2.10. The van der Waals surface area contributed by atoms with Crippen LogP contribution in [0.15, 0.2) is 6.07 Å². The molecule has 0 unspecified atom stereocenters. The van der Waals surface area contributed by atoms with Crippen LogP contribution < -0.4 is 0 Å². The van der Waals surface area contributed by atoms with Crippen LogP contribution in [0.2, 0.25) is 0 Å². The normalized spacial score (nSPS) is 11.7. The number of sulfone groups is 1. The molecule has 1 rings (SSSR count). The Hall–Kier alpha value is -0.680. The highest BCUT2D eigenvalue weighted by atomic mass is 32.2. The number of carbonyl (C=O) groups is 1. The topological polar surface area (TPSA) is 51.2 Å². The average molecular weight is 274 g/mol. The summed E-state index contributed by atoms with van der Waals surface area (Å²) in [6, 6.07) is 1.89. The lowest BCUT2D eigenvalue weighted by molar-refractivity contribution is 0.0986.